The summed E-state index contributed by atoms with van der Waals surface area (Å²) < 4.78 is 23.0. The van der Waals surface area contributed by atoms with E-state index in [4.69, 9.17) is 16.3 Å². The van der Waals surface area contributed by atoms with Gasteiger partial charge in [0.2, 0.25) is 0 Å². The largest absolute Gasteiger partial charge is 0.474 e. The Morgan fingerprint density at radius 3 is 2.56 bits per heavy atom. The number of ether oxygens (including phenoxy) is 2. The van der Waals surface area contributed by atoms with Gasteiger partial charge in [0.25, 0.3) is 5.91 Å². The number of hydrogen-bond acceptors (Lipinski definition) is 6. The molecule has 1 amide bonds. The van der Waals surface area contributed by atoms with Gasteiger partial charge in [-0.3, -0.25) is 14.9 Å². The highest BCUT2D eigenvalue weighted by Gasteiger charge is 2.23. The number of nitro benzene ring substituents is 1. The number of hydrogen-bond donors (Lipinski definition) is 1. The van der Waals surface area contributed by atoms with E-state index >= 15 is 0 Å². The van der Waals surface area contributed by atoms with Gasteiger partial charge < -0.3 is 14.8 Å². The molecule has 0 spiro atoms. The van der Waals surface area contributed by atoms with Crippen LogP contribution in [0.1, 0.15) is 17.3 Å². The van der Waals surface area contributed by atoms with Crippen molar-refractivity contribution in [2.75, 3.05) is 12.4 Å². The highest BCUT2D eigenvalue weighted by atomic mass is 35.5. The molecule has 0 radical (unpaired) electrons. The molecule has 1 atom stereocenters. The summed E-state index contributed by atoms with van der Waals surface area (Å²) in [5.41, 5.74) is -0.297. The number of methoxy groups -OCH3 is 1. The monoisotopic (exact) mass is 396 g/mol. The summed E-state index contributed by atoms with van der Waals surface area (Å²) in [5.74, 6) is -2.22. The molecule has 2 aromatic carbocycles. The number of amides is 1. The summed E-state index contributed by atoms with van der Waals surface area (Å²) in [7, 11) is 1.15. The van der Waals surface area contributed by atoms with E-state index in [2.05, 4.69) is 10.1 Å². The zero-order chi connectivity index (χ0) is 20.1. The molecular formula is C17H14ClFN2O6. The Hall–Kier alpha value is -3.20. The molecular weight excluding hydrogens is 383 g/mol. The molecule has 0 bridgehead atoms. The van der Waals surface area contributed by atoms with Crippen LogP contribution in [0.2, 0.25) is 5.02 Å². The summed E-state index contributed by atoms with van der Waals surface area (Å²) in [4.78, 5) is 34.2. The van der Waals surface area contributed by atoms with E-state index < -0.39 is 34.4 Å². The predicted molar refractivity (Wildman–Crippen MR) is 94.6 cm³/mol. The zero-order valence-corrected chi connectivity index (χ0v) is 15.0. The van der Waals surface area contributed by atoms with Crippen LogP contribution in [-0.2, 0) is 9.53 Å². The van der Waals surface area contributed by atoms with Crippen LogP contribution in [0.4, 0.5) is 15.8 Å². The SMILES string of the molecule is COC(=O)c1ccc(O[C@@H](C)C(=O)Nc2ccc(F)c(Cl)c2)c([N+](=O)[O-])c1. The van der Waals surface area contributed by atoms with Gasteiger partial charge in [-0.25, -0.2) is 9.18 Å². The third-order valence-electron chi connectivity index (χ3n) is 3.44. The average Bonchev–Trinajstić information content (AvgIpc) is 2.64. The number of nitrogens with one attached hydrogen (secondary N) is 1. The molecule has 0 aromatic heterocycles. The number of halogens is 2. The fourth-order valence-electron chi connectivity index (χ4n) is 2.07. The van der Waals surface area contributed by atoms with Gasteiger partial charge >= 0.3 is 11.7 Å². The first-order valence-electron chi connectivity index (χ1n) is 7.52. The van der Waals surface area contributed by atoms with E-state index in [-0.39, 0.29) is 22.0 Å². The second kappa shape index (κ2) is 8.45. The first kappa shape index (κ1) is 20.1. The van der Waals surface area contributed by atoms with Crippen molar-refractivity contribution in [3.8, 4) is 5.75 Å². The van der Waals surface area contributed by atoms with Gasteiger partial charge in [-0.1, -0.05) is 11.6 Å². The first-order chi connectivity index (χ1) is 12.7. The third-order valence-corrected chi connectivity index (χ3v) is 3.73. The molecule has 2 aromatic rings. The van der Waals surface area contributed by atoms with E-state index in [0.717, 1.165) is 19.2 Å². The molecule has 0 aliphatic rings. The van der Waals surface area contributed by atoms with Crippen LogP contribution < -0.4 is 10.1 Å². The minimum absolute atomic E-state index is 0.0328. The molecule has 0 heterocycles. The summed E-state index contributed by atoms with van der Waals surface area (Å²) >= 11 is 5.64. The van der Waals surface area contributed by atoms with Gasteiger partial charge in [0.1, 0.15) is 5.82 Å². The van der Waals surface area contributed by atoms with Crippen LogP contribution in [0.3, 0.4) is 0 Å². The maximum atomic E-state index is 13.2. The van der Waals surface area contributed by atoms with Crippen LogP contribution >= 0.6 is 11.6 Å². The topological polar surface area (TPSA) is 108 Å². The van der Waals surface area contributed by atoms with Gasteiger partial charge in [0, 0.05) is 11.8 Å². The Labute approximate surface area is 158 Å². The van der Waals surface area contributed by atoms with Crippen molar-refractivity contribution in [2.45, 2.75) is 13.0 Å². The van der Waals surface area contributed by atoms with Crippen LogP contribution in [0.15, 0.2) is 36.4 Å². The number of anilines is 1. The van der Waals surface area contributed by atoms with Gasteiger partial charge in [0.15, 0.2) is 11.9 Å². The zero-order valence-electron chi connectivity index (χ0n) is 14.2. The number of nitrogens with zero attached hydrogens (tertiary/aromatic N) is 1. The first-order valence-corrected chi connectivity index (χ1v) is 7.90. The van der Waals surface area contributed by atoms with E-state index in [0.29, 0.717) is 0 Å². The third kappa shape index (κ3) is 4.91. The quantitative estimate of drug-likeness (QED) is 0.454. The molecule has 0 unspecified atom stereocenters. The number of rotatable bonds is 6. The minimum atomic E-state index is -1.13. The number of carbonyl (C=O) groups is 2. The van der Waals surface area contributed by atoms with Gasteiger partial charge in [-0.15, -0.1) is 0 Å². The molecule has 0 fully saturated rings. The lowest BCUT2D eigenvalue weighted by Crippen LogP contribution is -2.30. The minimum Gasteiger partial charge on any atom is -0.474 e. The maximum Gasteiger partial charge on any atom is 0.338 e. The molecule has 0 aliphatic heterocycles. The van der Waals surface area contributed by atoms with Crippen molar-refractivity contribution in [1.82, 2.24) is 0 Å². The lowest BCUT2D eigenvalue weighted by Gasteiger charge is -2.15. The van der Waals surface area contributed by atoms with E-state index in [1.54, 1.807) is 0 Å². The number of benzene rings is 2. The second-order valence-corrected chi connectivity index (χ2v) is 5.72. The normalized spacial score (nSPS) is 11.4. The van der Waals surface area contributed by atoms with E-state index in [1.807, 2.05) is 0 Å². The smallest absolute Gasteiger partial charge is 0.338 e. The molecule has 8 nitrogen and oxygen atoms in total. The molecule has 0 aliphatic carbocycles. The molecule has 10 heteroatoms. The van der Waals surface area contributed by atoms with Crippen LogP contribution in [-0.4, -0.2) is 30.0 Å². The maximum absolute atomic E-state index is 13.2. The van der Waals surface area contributed by atoms with Crippen LogP contribution in [0.5, 0.6) is 5.75 Å². The predicted octanol–water partition coefficient (Wildman–Crippen LogP) is 3.58. The Morgan fingerprint density at radius 2 is 1.96 bits per heavy atom. The van der Waals surface area contributed by atoms with Gasteiger partial charge in [-0.05, 0) is 37.3 Å². The molecule has 2 rings (SSSR count). The molecule has 142 valence electrons. The number of esters is 1. The Morgan fingerprint density at radius 1 is 1.26 bits per heavy atom. The van der Waals surface area contributed by atoms with Crippen molar-refractivity contribution in [3.63, 3.8) is 0 Å². The summed E-state index contributed by atoms with van der Waals surface area (Å²) in [6, 6.07) is 7.07. The lowest BCUT2D eigenvalue weighted by atomic mass is 10.2. The summed E-state index contributed by atoms with van der Waals surface area (Å²) in [6.07, 6.45) is -1.13. The fourth-order valence-corrected chi connectivity index (χ4v) is 2.25. The molecule has 27 heavy (non-hydrogen) atoms. The Balaban J connectivity index is 2.17. The Kier molecular flexibility index (Phi) is 6.30. The summed E-state index contributed by atoms with van der Waals surface area (Å²) in [5, 5.41) is 13.5. The van der Waals surface area contributed by atoms with Crippen LogP contribution in [0, 0.1) is 15.9 Å². The highest BCUT2D eigenvalue weighted by Crippen LogP contribution is 2.29. The number of nitro groups is 1. The van der Waals surface area contributed by atoms with Gasteiger partial charge in [0.05, 0.1) is 22.6 Å². The van der Waals surface area contributed by atoms with Gasteiger partial charge in [-0.2, -0.15) is 0 Å². The van der Waals surface area contributed by atoms with E-state index in [1.165, 1.54) is 31.2 Å². The highest BCUT2D eigenvalue weighted by molar-refractivity contribution is 6.31. The van der Waals surface area contributed by atoms with Crippen molar-refractivity contribution in [3.05, 3.63) is 62.9 Å². The lowest BCUT2D eigenvalue weighted by molar-refractivity contribution is -0.386. The average molecular weight is 397 g/mol. The van der Waals surface area contributed by atoms with Crippen molar-refractivity contribution in [1.29, 1.82) is 0 Å². The number of carbonyl (C=O) groups excluding carboxylic acids is 2. The Bertz CT molecular complexity index is 905. The molecule has 0 saturated carbocycles. The van der Waals surface area contributed by atoms with Crippen LogP contribution in [0.25, 0.3) is 0 Å². The van der Waals surface area contributed by atoms with Crippen molar-refractivity contribution >= 4 is 34.9 Å². The standard InChI is InChI=1S/C17H14ClFN2O6/c1-9(16(22)20-11-4-5-13(19)12(18)8-11)27-15-6-3-10(17(23)26-2)7-14(15)21(24)25/h3-9H,1-2H3,(H,20,22)/t9-/m0/s1. The van der Waals surface area contributed by atoms with Crippen molar-refractivity contribution < 1.29 is 28.4 Å². The summed E-state index contributed by atoms with van der Waals surface area (Å²) in [6.45, 7) is 1.37. The second-order valence-electron chi connectivity index (χ2n) is 5.31. The van der Waals surface area contributed by atoms with E-state index in [9.17, 15) is 24.1 Å². The molecule has 0 saturated heterocycles. The fraction of sp³-hybridized carbons (Fsp3) is 0.176. The molecule has 1 N–H and O–H groups in total. The van der Waals surface area contributed by atoms with Crippen molar-refractivity contribution in [2.24, 2.45) is 0 Å².